The molecule has 0 bridgehead atoms. The van der Waals surface area contributed by atoms with Crippen LogP contribution in [0.15, 0.2) is 35.9 Å². The van der Waals surface area contributed by atoms with Crippen molar-refractivity contribution in [3.05, 3.63) is 57.1 Å². The Bertz CT molecular complexity index is 1260. The summed E-state index contributed by atoms with van der Waals surface area (Å²) in [6.07, 6.45) is 1.90. The molecule has 1 amide bonds. The van der Waals surface area contributed by atoms with Crippen LogP contribution in [0.1, 0.15) is 35.7 Å². The first-order valence-electron chi connectivity index (χ1n) is 12.0. The number of ketones is 1. The number of hydrazine groups is 1. The molecule has 14 nitrogen and oxygen atoms in total. The zero-order valence-corrected chi connectivity index (χ0v) is 24.2. The van der Waals surface area contributed by atoms with Crippen LogP contribution in [0.4, 0.5) is 5.69 Å². The number of carbonyl (C=O) groups is 2. The van der Waals surface area contributed by atoms with Gasteiger partial charge >= 0.3 is 0 Å². The number of Topliss-reactive ketones (excluding diaryl/α,β-unsaturated/α-hetero) is 1. The van der Waals surface area contributed by atoms with Crippen molar-refractivity contribution < 1.29 is 33.6 Å². The van der Waals surface area contributed by atoms with E-state index in [0.717, 1.165) is 0 Å². The standard InChI is InChI=1S/C26H34N6O8.ClH/c1-15(23(33)17-13-21(38-3)24(40-5)22(14-17)39-4)11-16-8-9-20(37-2)19(12-16)30-25(34)18(27)7-6-10-31(26(28)29)32(35)36;/h8-9,11-14,18H,6-7,10,27H2,1-5H3,(H3,28,29)(H,30,34);1H. The van der Waals surface area contributed by atoms with E-state index in [0.29, 0.717) is 50.4 Å². The van der Waals surface area contributed by atoms with Crippen molar-refractivity contribution in [3.8, 4) is 23.0 Å². The third kappa shape index (κ3) is 8.98. The molecule has 0 saturated carbocycles. The van der Waals surface area contributed by atoms with Gasteiger partial charge in [-0.1, -0.05) is 11.1 Å². The molecule has 2 rings (SSSR count). The Balaban J connectivity index is 0.00000840. The Kier molecular flexibility index (Phi) is 13.4. The number of benzene rings is 2. The lowest BCUT2D eigenvalue weighted by Gasteiger charge is -2.16. The van der Waals surface area contributed by atoms with Crippen LogP contribution in [-0.4, -0.2) is 68.7 Å². The predicted octanol–water partition coefficient (Wildman–Crippen LogP) is 2.86. The molecule has 0 fully saturated rings. The number of rotatable bonds is 14. The molecule has 0 aromatic heterocycles. The normalized spacial score (nSPS) is 11.4. The van der Waals surface area contributed by atoms with E-state index in [1.165, 1.54) is 28.4 Å². The maximum Gasteiger partial charge on any atom is 0.251 e. The van der Waals surface area contributed by atoms with E-state index >= 15 is 0 Å². The molecule has 2 aromatic carbocycles. The van der Waals surface area contributed by atoms with Crippen molar-refractivity contribution in [1.29, 1.82) is 5.41 Å². The molecule has 0 spiro atoms. The number of ether oxygens (including phenoxy) is 4. The van der Waals surface area contributed by atoms with Gasteiger partial charge in [-0.05, 0) is 61.2 Å². The van der Waals surface area contributed by atoms with E-state index in [1.807, 2.05) is 0 Å². The quantitative estimate of drug-likeness (QED) is 0.0624. The van der Waals surface area contributed by atoms with Crippen LogP contribution in [0.5, 0.6) is 23.0 Å². The molecule has 15 heteroatoms. The number of methoxy groups -OCH3 is 4. The van der Waals surface area contributed by atoms with Crippen LogP contribution in [0.3, 0.4) is 0 Å². The van der Waals surface area contributed by atoms with E-state index < -0.39 is 22.9 Å². The minimum absolute atomic E-state index is 0. The fourth-order valence-corrected chi connectivity index (χ4v) is 3.78. The van der Waals surface area contributed by atoms with Crippen LogP contribution in [0.2, 0.25) is 0 Å². The van der Waals surface area contributed by atoms with Crippen molar-refractivity contribution >= 4 is 41.8 Å². The maximum atomic E-state index is 13.2. The zero-order chi connectivity index (χ0) is 30.0. The fraction of sp³-hybridized carbons (Fsp3) is 0.346. The lowest BCUT2D eigenvalue weighted by atomic mass is 10.0. The summed E-state index contributed by atoms with van der Waals surface area (Å²) in [4.78, 5) is 36.8. The molecular formula is C26H35ClN6O8. The summed E-state index contributed by atoms with van der Waals surface area (Å²) < 4.78 is 21.3. The van der Waals surface area contributed by atoms with Crippen LogP contribution in [-0.2, 0) is 4.79 Å². The number of carbonyl (C=O) groups excluding carboxylic acids is 2. The Labute approximate surface area is 243 Å². The second-order valence-electron chi connectivity index (χ2n) is 8.51. The third-order valence-electron chi connectivity index (χ3n) is 5.85. The van der Waals surface area contributed by atoms with Crippen molar-refractivity contribution in [2.45, 2.75) is 25.8 Å². The molecule has 1 unspecified atom stereocenters. The van der Waals surface area contributed by atoms with E-state index in [2.05, 4.69) is 5.32 Å². The Morgan fingerprint density at radius 2 is 1.66 bits per heavy atom. The molecule has 1 atom stereocenters. The number of allylic oxidation sites excluding steroid dienone is 1. The van der Waals surface area contributed by atoms with Gasteiger partial charge in [0.05, 0.1) is 46.7 Å². The number of nitro groups is 1. The zero-order valence-electron chi connectivity index (χ0n) is 23.4. The Morgan fingerprint density at radius 3 is 2.15 bits per heavy atom. The van der Waals surface area contributed by atoms with E-state index in [9.17, 15) is 19.7 Å². The number of nitrogens with two attached hydrogens (primary N) is 2. The summed E-state index contributed by atoms with van der Waals surface area (Å²) in [7, 11) is 5.83. The van der Waals surface area contributed by atoms with Gasteiger partial charge < -0.3 is 35.7 Å². The van der Waals surface area contributed by atoms with Gasteiger partial charge in [0.25, 0.3) is 5.96 Å². The summed E-state index contributed by atoms with van der Waals surface area (Å²) in [5.74, 6) is -0.116. The smallest absolute Gasteiger partial charge is 0.251 e. The molecule has 0 heterocycles. The van der Waals surface area contributed by atoms with Crippen molar-refractivity contribution in [2.75, 3.05) is 40.3 Å². The van der Waals surface area contributed by atoms with Crippen LogP contribution in [0, 0.1) is 15.5 Å². The summed E-state index contributed by atoms with van der Waals surface area (Å²) in [5.41, 5.74) is 12.8. The number of amides is 1. The highest BCUT2D eigenvalue weighted by Crippen LogP contribution is 2.38. The van der Waals surface area contributed by atoms with E-state index in [4.69, 9.17) is 35.8 Å². The van der Waals surface area contributed by atoms with Gasteiger partial charge in [-0.2, -0.15) is 0 Å². The van der Waals surface area contributed by atoms with Crippen molar-refractivity contribution in [2.24, 2.45) is 11.5 Å². The number of anilines is 1. The summed E-state index contributed by atoms with van der Waals surface area (Å²) in [6, 6.07) is 7.10. The van der Waals surface area contributed by atoms with E-state index in [1.54, 1.807) is 43.3 Å². The molecule has 0 aliphatic carbocycles. The predicted molar refractivity (Wildman–Crippen MR) is 156 cm³/mol. The molecule has 2 aromatic rings. The highest BCUT2D eigenvalue weighted by molar-refractivity contribution is 6.11. The van der Waals surface area contributed by atoms with Crippen LogP contribution < -0.4 is 35.7 Å². The van der Waals surface area contributed by atoms with Gasteiger partial charge in [-0.15, -0.1) is 12.4 Å². The van der Waals surface area contributed by atoms with Crippen LogP contribution >= 0.6 is 12.4 Å². The summed E-state index contributed by atoms with van der Waals surface area (Å²) >= 11 is 0. The third-order valence-corrected chi connectivity index (χ3v) is 5.85. The lowest BCUT2D eigenvalue weighted by molar-refractivity contribution is -0.629. The Morgan fingerprint density at radius 1 is 1.07 bits per heavy atom. The molecule has 41 heavy (non-hydrogen) atoms. The van der Waals surface area contributed by atoms with Gasteiger partial charge in [-0.3, -0.25) is 15.0 Å². The first-order chi connectivity index (χ1) is 19.0. The SMILES string of the molecule is COc1ccc(C=C(C)C(=O)c2cc(OC)c(OC)c(OC)c2)cc1NC(=O)C(N)CCCN(C(=N)N)[N+](=O)[O-].Cl. The summed E-state index contributed by atoms with van der Waals surface area (Å²) in [5, 5.41) is 20.5. The monoisotopic (exact) mass is 594 g/mol. The van der Waals surface area contributed by atoms with Crippen molar-refractivity contribution in [3.63, 3.8) is 0 Å². The number of hydrogen-bond acceptors (Lipinski definition) is 10. The summed E-state index contributed by atoms with van der Waals surface area (Å²) in [6.45, 7) is 1.48. The molecule has 0 saturated heterocycles. The molecule has 6 N–H and O–H groups in total. The highest BCUT2D eigenvalue weighted by atomic mass is 35.5. The van der Waals surface area contributed by atoms with Gasteiger partial charge in [0.1, 0.15) is 5.75 Å². The highest BCUT2D eigenvalue weighted by Gasteiger charge is 2.21. The molecule has 0 aliphatic rings. The minimum atomic E-state index is -0.993. The average Bonchev–Trinajstić information content (AvgIpc) is 2.93. The van der Waals surface area contributed by atoms with Crippen molar-refractivity contribution in [1.82, 2.24) is 5.01 Å². The molecule has 224 valence electrons. The van der Waals surface area contributed by atoms with E-state index in [-0.39, 0.29) is 37.6 Å². The Hall–Kier alpha value is -4.56. The van der Waals surface area contributed by atoms with Gasteiger partial charge in [-0.25, -0.2) is 10.1 Å². The molecule has 0 radical (unpaired) electrons. The minimum Gasteiger partial charge on any atom is -0.495 e. The second kappa shape index (κ2) is 15.9. The molecular weight excluding hydrogens is 560 g/mol. The first kappa shape index (κ1) is 34.5. The van der Waals surface area contributed by atoms with Gasteiger partial charge in [0, 0.05) is 5.56 Å². The number of hydrogen-bond donors (Lipinski definition) is 4. The topological polar surface area (TPSA) is 205 Å². The largest absolute Gasteiger partial charge is 0.495 e. The number of nitrogens with zero attached hydrogens (tertiary/aromatic N) is 2. The fourth-order valence-electron chi connectivity index (χ4n) is 3.78. The number of guanidine groups is 1. The average molecular weight is 595 g/mol. The first-order valence-corrected chi connectivity index (χ1v) is 12.0. The van der Waals surface area contributed by atoms with Gasteiger partial charge in [0.2, 0.25) is 11.7 Å². The van der Waals surface area contributed by atoms with Crippen LogP contribution in [0.25, 0.3) is 6.08 Å². The number of halogens is 1. The molecule has 0 aliphatic heterocycles. The lowest BCUT2D eigenvalue weighted by Crippen LogP contribution is -2.42. The maximum absolute atomic E-state index is 13.2. The second-order valence-corrected chi connectivity index (χ2v) is 8.51. The van der Waals surface area contributed by atoms with Gasteiger partial charge in [0.15, 0.2) is 22.3 Å². The number of nitrogens with one attached hydrogen (secondary N) is 2.